The van der Waals surface area contributed by atoms with Crippen LogP contribution in [0.3, 0.4) is 0 Å². The Kier molecular flexibility index (Phi) is 9.24. The SMILES string of the molecule is CCCC1=[NH+]CCN1C(=O)O/N=C(/c1ccc2c(c1)c1cc([N+](=O)[O-])ccc1n2CC)c1ccc(OC(C)COC)cc1C. The lowest BCUT2D eigenvalue weighted by molar-refractivity contribution is -0.446. The van der Waals surface area contributed by atoms with Crippen LogP contribution in [0.4, 0.5) is 10.5 Å². The molecule has 1 atom stereocenters. The number of oxime groups is 1. The summed E-state index contributed by atoms with van der Waals surface area (Å²) in [5.41, 5.74) is 4.65. The van der Waals surface area contributed by atoms with Crippen LogP contribution in [0, 0.1) is 17.0 Å². The topological polar surface area (TPSA) is 122 Å². The molecule has 1 N–H and O–H groups in total. The Morgan fingerprint density at radius 3 is 2.52 bits per heavy atom. The first kappa shape index (κ1) is 30.7. The Balaban J connectivity index is 1.61. The number of nitro groups is 1. The summed E-state index contributed by atoms with van der Waals surface area (Å²) in [4.78, 5) is 34.9. The first-order valence-electron chi connectivity index (χ1n) is 14.9. The Bertz CT molecular complexity index is 1780. The molecule has 0 radical (unpaired) electrons. The number of fused-ring (bicyclic) bond motifs is 3. The van der Waals surface area contributed by atoms with Crippen LogP contribution < -0.4 is 9.73 Å². The van der Waals surface area contributed by atoms with E-state index in [2.05, 4.69) is 21.6 Å². The van der Waals surface area contributed by atoms with E-state index >= 15 is 0 Å². The summed E-state index contributed by atoms with van der Waals surface area (Å²) in [6.45, 7) is 10.3. The van der Waals surface area contributed by atoms with Crippen molar-refractivity contribution in [1.29, 1.82) is 0 Å². The highest BCUT2D eigenvalue weighted by molar-refractivity contribution is 6.17. The zero-order valence-electron chi connectivity index (χ0n) is 25.8. The second kappa shape index (κ2) is 13.3. The third-order valence-corrected chi connectivity index (χ3v) is 7.75. The zero-order valence-corrected chi connectivity index (χ0v) is 25.8. The van der Waals surface area contributed by atoms with Gasteiger partial charge in [0, 0.05) is 65.1 Å². The molecule has 0 bridgehead atoms. The van der Waals surface area contributed by atoms with E-state index in [-0.39, 0.29) is 16.7 Å². The summed E-state index contributed by atoms with van der Waals surface area (Å²) in [7, 11) is 1.63. The first-order valence-corrected chi connectivity index (χ1v) is 14.9. The van der Waals surface area contributed by atoms with E-state index in [0.29, 0.717) is 43.3 Å². The van der Waals surface area contributed by atoms with Crippen LogP contribution in [-0.4, -0.2) is 64.9 Å². The smallest absolute Gasteiger partial charge is 0.488 e. The van der Waals surface area contributed by atoms with Crippen LogP contribution in [0.1, 0.15) is 50.3 Å². The van der Waals surface area contributed by atoms with Crippen LogP contribution in [0.2, 0.25) is 0 Å². The maximum Gasteiger partial charge on any atom is 0.533 e. The maximum atomic E-state index is 13.2. The average Bonchev–Trinajstić information content (AvgIpc) is 3.60. The molecule has 0 spiro atoms. The summed E-state index contributed by atoms with van der Waals surface area (Å²) in [6.07, 6.45) is 0.935. The lowest BCUT2D eigenvalue weighted by Crippen LogP contribution is -2.70. The first-order chi connectivity index (χ1) is 21.2. The van der Waals surface area contributed by atoms with E-state index in [0.717, 1.165) is 51.6 Å². The Labute approximate surface area is 255 Å². The van der Waals surface area contributed by atoms with Gasteiger partial charge in [0.15, 0.2) is 0 Å². The van der Waals surface area contributed by atoms with Gasteiger partial charge in [-0.1, -0.05) is 18.1 Å². The largest absolute Gasteiger partial charge is 0.533 e. The molecule has 11 heteroatoms. The number of hydrogen-bond acceptors (Lipinski definition) is 7. The van der Waals surface area contributed by atoms with Crippen molar-refractivity contribution < 1.29 is 29.0 Å². The quantitative estimate of drug-likeness (QED) is 0.113. The number of carbonyl (C=O) groups is 1. The van der Waals surface area contributed by atoms with E-state index < -0.39 is 6.09 Å². The van der Waals surface area contributed by atoms with Crippen molar-refractivity contribution in [1.82, 2.24) is 9.47 Å². The number of hydrogen-bond donors (Lipinski definition) is 1. The molecule has 0 saturated heterocycles. The molecule has 2 heterocycles. The maximum absolute atomic E-state index is 13.2. The summed E-state index contributed by atoms with van der Waals surface area (Å²) in [6, 6.07) is 16.5. The molecule has 11 nitrogen and oxygen atoms in total. The monoisotopic (exact) mass is 600 g/mol. The van der Waals surface area contributed by atoms with E-state index in [1.165, 1.54) is 6.07 Å². The van der Waals surface area contributed by atoms with E-state index in [1.54, 1.807) is 24.1 Å². The number of nitrogens with one attached hydrogen (secondary N) is 1. The fourth-order valence-electron chi connectivity index (χ4n) is 5.77. The van der Waals surface area contributed by atoms with Crippen molar-refractivity contribution in [3.05, 3.63) is 81.4 Å². The fraction of sp³-hybridized carbons (Fsp3) is 0.364. The molecule has 0 aliphatic carbocycles. The number of amidine groups is 1. The number of nitro benzene ring substituents is 1. The Morgan fingerprint density at radius 2 is 1.84 bits per heavy atom. The zero-order chi connectivity index (χ0) is 31.4. The molecule has 230 valence electrons. The second-order valence-electron chi connectivity index (χ2n) is 10.9. The molecular formula is C33H38N5O6+. The predicted octanol–water partition coefficient (Wildman–Crippen LogP) is 4.93. The number of methoxy groups -OCH3 is 1. The van der Waals surface area contributed by atoms with Gasteiger partial charge in [-0.15, -0.1) is 0 Å². The summed E-state index contributed by atoms with van der Waals surface area (Å²) in [5.74, 6) is 1.51. The minimum absolute atomic E-state index is 0.0216. The predicted molar refractivity (Wildman–Crippen MR) is 169 cm³/mol. The van der Waals surface area contributed by atoms with Gasteiger partial charge in [0.05, 0.1) is 11.5 Å². The number of aryl methyl sites for hydroxylation is 2. The molecule has 1 aliphatic rings. The van der Waals surface area contributed by atoms with Gasteiger partial charge in [0.25, 0.3) is 11.5 Å². The van der Waals surface area contributed by atoms with E-state index in [1.807, 2.05) is 57.2 Å². The van der Waals surface area contributed by atoms with E-state index in [4.69, 9.17) is 14.3 Å². The molecule has 1 amide bonds. The number of ether oxygens (including phenoxy) is 2. The number of rotatable bonds is 11. The van der Waals surface area contributed by atoms with Crippen LogP contribution in [0.15, 0.2) is 59.8 Å². The van der Waals surface area contributed by atoms with Gasteiger partial charge in [-0.2, -0.15) is 9.69 Å². The van der Waals surface area contributed by atoms with Gasteiger partial charge in [-0.05, 0) is 69.2 Å². The van der Waals surface area contributed by atoms with Crippen LogP contribution in [0.25, 0.3) is 21.8 Å². The summed E-state index contributed by atoms with van der Waals surface area (Å²) < 4.78 is 13.3. The van der Waals surface area contributed by atoms with Crippen molar-refractivity contribution in [2.45, 2.75) is 53.2 Å². The van der Waals surface area contributed by atoms with Gasteiger partial charge in [0.1, 0.15) is 30.7 Å². The average molecular weight is 601 g/mol. The van der Waals surface area contributed by atoms with Gasteiger partial charge in [0.2, 0.25) is 0 Å². The number of carbonyl (C=O) groups excluding carboxylic acids is 1. The minimum Gasteiger partial charge on any atom is -0.488 e. The Hall–Kier alpha value is -4.77. The van der Waals surface area contributed by atoms with Crippen molar-refractivity contribution in [3.8, 4) is 5.75 Å². The van der Waals surface area contributed by atoms with Crippen molar-refractivity contribution in [3.63, 3.8) is 0 Å². The van der Waals surface area contributed by atoms with Gasteiger partial charge in [-0.3, -0.25) is 19.9 Å². The highest BCUT2D eigenvalue weighted by Gasteiger charge is 2.33. The standard InChI is InChI=1S/C33H37N5O6/c1-6-8-31-34-15-16-37(31)33(39)44-35-32(26-12-11-25(17-21(26)3)43-22(4)20-42-5)23-9-13-29-27(18-23)28-19-24(38(40)41)10-14-30(28)36(29)7-2/h9-14,17-19,22H,6-8,15-16,20H2,1-5H3/p+1/b35-32-. The molecule has 3 aromatic carbocycles. The number of nitrogens with zero attached hydrogens (tertiary/aromatic N) is 4. The molecule has 4 aromatic rings. The second-order valence-corrected chi connectivity index (χ2v) is 10.9. The third kappa shape index (κ3) is 6.14. The van der Waals surface area contributed by atoms with Gasteiger partial charge in [-0.25, -0.2) is 0 Å². The van der Waals surface area contributed by atoms with Crippen molar-refractivity contribution in [2.75, 3.05) is 26.8 Å². The minimum atomic E-state index is -0.554. The summed E-state index contributed by atoms with van der Waals surface area (Å²) in [5, 5.41) is 17.7. The van der Waals surface area contributed by atoms with Crippen LogP contribution >= 0.6 is 0 Å². The number of non-ortho nitro benzene ring substituents is 1. The number of amides is 1. The lowest BCUT2D eigenvalue weighted by Gasteiger charge is -2.16. The molecule has 1 aromatic heterocycles. The molecule has 0 fully saturated rings. The normalized spacial score (nSPS) is 14.2. The Morgan fingerprint density at radius 1 is 1.09 bits per heavy atom. The lowest BCUT2D eigenvalue weighted by atomic mass is 9.96. The molecule has 44 heavy (non-hydrogen) atoms. The summed E-state index contributed by atoms with van der Waals surface area (Å²) >= 11 is 0. The molecule has 0 saturated carbocycles. The number of aromatic nitrogens is 1. The highest BCUT2D eigenvalue weighted by atomic mass is 16.7. The molecule has 1 aliphatic heterocycles. The molecule has 5 rings (SSSR count). The van der Waals surface area contributed by atoms with Gasteiger partial charge >= 0.3 is 6.09 Å². The number of benzene rings is 3. The van der Waals surface area contributed by atoms with Crippen molar-refractivity contribution >= 4 is 45.1 Å². The molecule has 1 unspecified atom stereocenters. The fourth-order valence-corrected chi connectivity index (χ4v) is 5.77. The van der Waals surface area contributed by atoms with Crippen LogP contribution in [0.5, 0.6) is 5.75 Å². The van der Waals surface area contributed by atoms with Crippen molar-refractivity contribution in [2.24, 2.45) is 5.16 Å². The highest BCUT2D eigenvalue weighted by Crippen LogP contribution is 2.33. The van der Waals surface area contributed by atoms with Crippen LogP contribution in [-0.2, 0) is 16.1 Å². The van der Waals surface area contributed by atoms with E-state index in [9.17, 15) is 14.9 Å². The van der Waals surface area contributed by atoms with Gasteiger partial charge < -0.3 is 14.0 Å². The third-order valence-electron chi connectivity index (χ3n) is 7.75. The molecular weight excluding hydrogens is 562 g/mol.